The van der Waals surface area contributed by atoms with Crippen LogP contribution >= 0.6 is 11.8 Å². The van der Waals surface area contributed by atoms with Gasteiger partial charge in [-0.2, -0.15) is 13.2 Å². The van der Waals surface area contributed by atoms with Crippen LogP contribution in [0.25, 0.3) is 0 Å². The largest absolute Gasteiger partial charge is 0.488 e. The molecule has 0 amide bonds. The zero-order valence-corrected chi connectivity index (χ0v) is 11.1. The van der Waals surface area contributed by atoms with E-state index < -0.39 is 23.6 Å². The Morgan fingerprint density at radius 3 is 2.06 bits per heavy atom. The second-order valence-electron chi connectivity index (χ2n) is 4.84. The number of rotatable bonds is 2. The molecule has 0 aliphatic rings. The van der Waals surface area contributed by atoms with Crippen LogP contribution in [0.15, 0.2) is 23.1 Å². The quantitative estimate of drug-likeness (QED) is 0.644. The highest BCUT2D eigenvalue weighted by Crippen LogP contribution is 2.40. The average molecular weight is 278 g/mol. The van der Waals surface area contributed by atoms with Crippen molar-refractivity contribution in [3.63, 3.8) is 0 Å². The molecule has 0 radical (unpaired) electrons. The minimum absolute atomic E-state index is 0.000556. The molecule has 0 saturated carbocycles. The molecule has 1 rings (SSSR count). The van der Waals surface area contributed by atoms with Crippen LogP contribution < -0.4 is 5.46 Å². The van der Waals surface area contributed by atoms with E-state index in [4.69, 9.17) is 10.0 Å². The first-order valence-corrected chi connectivity index (χ1v) is 6.08. The fourth-order valence-corrected chi connectivity index (χ4v) is 2.50. The van der Waals surface area contributed by atoms with E-state index in [-0.39, 0.29) is 10.4 Å². The maximum Gasteiger partial charge on any atom is 0.488 e. The van der Waals surface area contributed by atoms with Crippen LogP contribution in [0.4, 0.5) is 13.2 Å². The monoisotopic (exact) mass is 278 g/mol. The van der Waals surface area contributed by atoms with Crippen molar-refractivity contribution < 1.29 is 23.2 Å². The van der Waals surface area contributed by atoms with Crippen LogP contribution in [-0.2, 0) is 6.18 Å². The molecular weight excluding hydrogens is 264 g/mol. The molecule has 0 fully saturated rings. The van der Waals surface area contributed by atoms with E-state index in [9.17, 15) is 13.2 Å². The normalized spacial score (nSPS) is 12.7. The van der Waals surface area contributed by atoms with Crippen LogP contribution in [0.1, 0.15) is 26.3 Å². The first kappa shape index (κ1) is 15.4. The predicted octanol–water partition coefficient (Wildman–Crippen LogP) is 2.28. The van der Waals surface area contributed by atoms with Gasteiger partial charge in [-0.05, 0) is 17.6 Å². The lowest BCUT2D eigenvalue weighted by molar-refractivity contribution is -0.139. The Hall–Kier alpha value is -0.655. The maximum atomic E-state index is 12.8. The predicted molar refractivity (Wildman–Crippen MR) is 66.9 cm³/mol. The molecule has 0 unspecified atom stereocenters. The molecule has 0 aromatic heterocycles. The zero-order valence-electron chi connectivity index (χ0n) is 10.2. The molecule has 0 spiro atoms. The van der Waals surface area contributed by atoms with Crippen LogP contribution in [0.3, 0.4) is 0 Å². The third kappa shape index (κ3) is 4.22. The average Bonchev–Trinajstić information content (AvgIpc) is 2.12. The minimum atomic E-state index is -4.45. The summed E-state index contributed by atoms with van der Waals surface area (Å²) in [5, 5.41) is 18.0. The Kier molecular flexibility index (Phi) is 4.40. The molecule has 0 aliphatic carbocycles. The van der Waals surface area contributed by atoms with Gasteiger partial charge in [-0.1, -0.05) is 26.8 Å². The summed E-state index contributed by atoms with van der Waals surface area (Å²) < 4.78 is 38.1. The number of halogens is 3. The summed E-state index contributed by atoms with van der Waals surface area (Å²) >= 11 is 1.04. The van der Waals surface area contributed by atoms with Gasteiger partial charge in [0.1, 0.15) is 0 Å². The van der Waals surface area contributed by atoms with Gasteiger partial charge in [0.15, 0.2) is 0 Å². The minimum Gasteiger partial charge on any atom is -0.423 e. The molecule has 7 heteroatoms. The van der Waals surface area contributed by atoms with Gasteiger partial charge in [0, 0.05) is 9.64 Å². The van der Waals surface area contributed by atoms with E-state index in [1.807, 2.05) is 0 Å². The Morgan fingerprint density at radius 2 is 1.67 bits per heavy atom. The van der Waals surface area contributed by atoms with Gasteiger partial charge < -0.3 is 10.0 Å². The maximum absolute atomic E-state index is 12.8. The van der Waals surface area contributed by atoms with Gasteiger partial charge >= 0.3 is 13.3 Å². The molecule has 0 heterocycles. The number of alkyl halides is 3. The molecule has 0 saturated heterocycles. The van der Waals surface area contributed by atoms with E-state index in [1.54, 1.807) is 20.8 Å². The van der Waals surface area contributed by atoms with Crippen molar-refractivity contribution >= 4 is 24.3 Å². The molecular formula is C11H14BF3O2S. The highest BCUT2D eigenvalue weighted by atomic mass is 32.2. The molecule has 0 aliphatic heterocycles. The smallest absolute Gasteiger partial charge is 0.423 e. The van der Waals surface area contributed by atoms with Crippen molar-refractivity contribution in [1.29, 1.82) is 0 Å². The summed E-state index contributed by atoms with van der Waals surface area (Å²) in [4.78, 5) is 0.000556. The van der Waals surface area contributed by atoms with Gasteiger partial charge in [0.2, 0.25) is 0 Å². The van der Waals surface area contributed by atoms with Crippen molar-refractivity contribution in [1.82, 2.24) is 0 Å². The second kappa shape index (κ2) is 5.15. The molecule has 2 nitrogen and oxygen atoms in total. The van der Waals surface area contributed by atoms with Crippen LogP contribution in [0.2, 0.25) is 0 Å². The molecule has 0 atom stereocenters. The van der Waals surface area contributed by atoms with Crippen molar-refractivity contribution in [3.05, 3.63) is 23.8 Å². The van der Waals surface area contributed by atoms with Gasteiger partial charge in [-0.15, -0.1) is 11.8 Å². The number of hydrogen-bond donors (Lipinski definition) is 2. The van der Waals surface area contributed by atoms with E-state index in [0.29, 0.717) is 0 Å². The molecule has 0 bridgehead atoms. The highest BCUT2D eigenvalue weighted by Gasteiger charge is 2.35. The molecule has 18 heavy (non-hydrogen) atoms. The summed E-state index contributed by atoms with van der Waals surface area (Å²) in [5.41, 5.74) is -0.707. The van der Waals surface area contributed by atoms with Crippen LogP contribution in [-0.4, -0.2) is 21.9 Å². The van der Waals surface area contributed by atoms with E-state index in [0.717, 1.165) is 23.9 Å². The first-order valence-electron chi connectivity index (χ1n) is 5.27. The lowest BCUT2D eigenvalue weighted by Gasteiger charge is -2.21. The number of benzene rings is 1. The first-order chi connectivity index (χ1) is 8.00. The van der Waals surface area contributed by atoms with Gasteiger partial charge in [0.25, 0.3) is 0 Å². The third-order valence-corrected chi connectivity index (χ3v) is 3.20. The SMILES string of the molecule is CC(C)(C)Sc1cc(B(O)O)ccc1C(F)(F)F. The standard InChI is InChI=1S/C11H14BF3O2S/c1-10(2,3)18-9-6-7(12(16)17)4-5-8(9)11(13,14)15/h4-6,16-17H,1-3H3. The van der Waals surface area contributed by atoms with Gasteiger partial charge in [-0.25, -0.2) is 0 Å². The highest BCUT2D eigenvalue weighted by molar-refractivity contribution is 8.00. The van der Waals surface area contributed by atoms with E-state index >= 15 is 0 Å². The zero-order chi connectivity index (χ0) is 14.1. The van der Waals surface area contributed by atoms with Crippen LogP contribution in [0, 0.1) is 0 Å². The van der Waals surface area contributed by atoms with Crippen molar-refractivity contribution in [2.24, 2.45) is 0 Å². The van der Waals surface area contributed by atoms with Crippen molar-refractivity contribution in [2.75, 3.05) is 0 Å². The van der Waals surface area contributed by atoms with Crippen molar-refractivity contribution in [2.45, 2.75) is 36.6 Å². The number of hydrogen-bond acceptors (Lipinski definition) is 3. The third-order valence-electron chi connectivity index (χ3n) is 2.03. The molecule has 100 valence electrons. The summed E-state index contributed by atoms with van der Waals surface area (Å²) in [7, 11) is -1.77. The fraction of sp³-hybridized carbons (Fsp3) is 0.455. The van der Waals surface area contributed by atoms with E-state index in [1.165, 1.54) is 6.07 Å². The second-order valence-corrected chi connectivity index (χ2v) is 6.71. The Balaban J connectivity index is 3.27. The van der Waals surface area contributed by atoms with Crippen LogP contribution in [0.5, 0.6) is 0 Å². The van der Waals surface area contributed by atoms with Crippen molar-refractivity contribution in [3.8, 4) is 0 Å². The summed E-state index contributed by atoms with van der Waals surface area (Å²) in [6.45, 7) is 5.37. The Labute approximate surface area is 108 Å². The summed E-state index contributed by atoms with van der Waals surface area (Å²) in [6.07, 6.45) is -4.45. The fourth-order valence-electron chi connectivity index (χ4n) is 1.35. The Bertz CT molecular complexity index is 427. The van der Waals surface area contributed by atoms with Gasteiger partial charge in [-0.3, -0.25) is 0 Å². The lowest BCUT2D eigenvalue weighted by Crippen LogP contribution is -2.30. The molecule has 2 N–H and O–H groups in total. The summed E-state index contributed by atoms with van der Waals surface area (Å²) in [5.74, 6) is 0. The summed E-state index contributed by atoms with van der Waals surface area (Å²) in [6, 6.07) is 3.12. The Morgan fingerprint density at radius 1 is 1.11 bits per heavy atom. The molecule has 1 aromatic rings. The molecule has 1 aromatic carbocycles. The topological polar surface area (TPSA) is 40.5 Å². The number of thioether (sulfide) groups is 1. The lowest BCUT2D eigenvalue weighted by atomic mass is 9.80. The van der Waals surface area contributed by atoms with Gasteiger partial charge in [0.05, 0.1) is 5.56 Å². The van der Waals surface area contributed by atoms with E-state index in [2.05, 4.69) is 0 Å².